The Hall–Kier alpha value is -6.00. The summed E-state index contributed by atoms with van der Waals surface area (Å²) in [6.45, 7) is 28.9. The van der Waals surface area contributed by atoms with Crippen molar-refractivity contribution in [3.63, 3.8) is 0 Å². The maximum atomic E-state index is 11.7. The van der Waals surface area contributed by atoms with Crippen molar-refractivity contribution in [1.29, 1.82) is 0 Å². The summed E-state index contributed by atoms with van der Waals surface area (Å²) < 4.78 is 39.7. The van der Waals surface area contributed by atoms with Crippen LogP contribution in [0.1, 0.15) is 58.5 Å². The van der Waals surface area contributed by atoms with Gasteiger partial charge in [0.25, 0.3) is 5.91 Å². The van der Waals surface area contributed by atoms with Gasteiger partial charge in [0, 0.05) is 34.6 Å². The van der Waals surface area contributed by atoms with Gasteiger partial charge in [0.2, 0.25) is 10.0 Å². The minimum Gasteiger partial charge on any atom is -0.508 e. The van der Waals surface area contributed by atoms with E-state index in [2.05, 4.69) is 51.5 Å². The summed E-state index contributed by atoms with van der Waals surface area (Å²) in [6.07, 6.45) is 2.86. The highest BCUT2D eigenvalue weighted by Gasteiger charge is 2.11. The molecule has 57 heavy (non-hydrogen) atoms. The molecule has 0 aliphatic heterocycles. The quantitative estimate of drug-likeness (QED) is 0.0658. The molecule has 16 heteroatoms. The Morgan fingerprint density at radius 1 is 0.842 bits per heavy atom. The first-order chi connectivity index (χ1) is 26.3. The standard InChI is InChI=1S/C12H17N3O3.C12H16O.C10H11NO2.C7H13NO4S/c1-8(2)11(16)18-6-5-13-12(17)15-10(4)7-9(3)14-15;1-5-10-6-8-11(9-7-10)13-12(2,3)4;1-7(2)10(13)11-8-3-5-9(12)6-4-8;1-6(2)7(9)12-5-4-8-13(3,10)11/h7H,1,5-6H2,2-4H3,(H,13,17);5-9H,1H2,2-4H3;3-6,12H,1H2,2H3,(H,11,13);8H,1,4-5H2,2-3H3. The Morgan fingerprint density at radius 2 is 1.35 bits per heavy atom. The molecule has 0 saturated carbocycles. The number of aromatic nitrogens is 2. The summed E-state index contributed by atoms with van der Waals surface area (Å²) >= 11 is 0. The number of sulfonamides is 1. The summed E-state index contributed by atoms with van der Waals surface area (Å²) in [5.74, 6) is -0.122. The average Bonchev–Trinajstić information content (AvgIpc) is 3.46. The number of nitrogens with one attached hydrogen (secondary N) is 3. The van der Waals surface area contributed by atoms with Gasteiger partial charge in [-0.25, -0.2) is 27.5 Å². The number of phenolic OH excluding ortho intramolecular Hbond substituents is 1. The summed E-state index contributed by atoms with van der Waals surface area (Å²) in [5.41, 5.74) is 4.23. The van der Waals surface area contributed by atoms with E-state index in [-0.39, 0.29) is 49.6 Å². The van der Waals surface area contributed by atoms with E-state index in [0.29, 0.717) is 22.4 Å². The molecule has 15 nitrogen and oxygen atoms in total. The third kappa shape index (κ3) is 24.9. The molecular formula is C41H57N5O10S. The third-order valence-corrected chi connectivity index (χ3v) is 6.99. The van der Waals surface area contributed by atoms with Crippen LogP contribution in [0.2, 0.25) is 0 Å². The molecule has 0 aliphatic carbocycles. The number of aryl methyl sites for hydroxylation is 2. The number of benzene rings is 2. The Kier molecular flexibility index (Phi) is 22.6. The third-order valence-electron chi connectivity index (χ3n) is 6.26. The predicted octanol–water partition coefficient (Wildman–Crippen LogP) is 6.25. The van der Waals surface area contributed by atoms with E-state index in [0.717, 1.165) is 29.0 Å². The number of ether oxygens (including phenoxy) is 3. The normalized spacial score (nSPS) is 10.3. The number of nitrogens with zero attached hydrogens (tertiary/aromatic N) is 2. The smallest absolute Gasteiger partial charge is 0.342 e. The van der Waals surface area contributed by atoms with Crippen LogP contribution >= 0.6 is 0 Å². The highest BCUT2D eigenvalue weighted by molar-refractivity contribution is 7.88. The Labute approximate surface area is 336 Å². The Balaban J connectivity index is 0.000000742. The Bertz CT molecular complexity index is 1940. The van der Waals surface area contributed by atoms with Crippen LogP contribution in [0, 0.1) is 13.8 Å². The molecule has 0 aliphatic rings. The molecule has 0 saturated heterocycles. The number of anilines is 1. The molecule has 0 fully saturated rings. The van der Waals surface area contributed by atoms with Crippen molar-refractivity contribution in [2.45, 2.75) is 61.0 Å². The summed E-state index contributed by atoms with van der Waals surface area (Å²) in [4.78, 5) is 44.6. The molecule has 1 heterocycles. The van der Waals surface area contributed by atoms with Crippen LogP contribution in [0.3, 0.4) is 0 Å². The fraction of sp³-hybridized carbons (Fsp3) is 0.341. The molecule has 0 atom stereocenters. The van der Waals surface area contributed by atoms with E-state index in [1.54, 1.807) is 39.0 Å². The molecule has 2 aromatic carbocycles. The van der Waals surface area contributed by atoms with E-state index < -0.39 is 22.0 Å². The summed E-state index contributed by atoms with van der Waals surface area (Å²) in [6, 6.07) is 15.6. The second-order valence-corrected chi connectivity index (χ2v) is 15.2. The van der Waals surface area contributed by atoms with Gasteiger partial charge in [0.15, 0.2) is 0 Å². The zero-order chi connectivity index (χ0) is 43.9. The molecule has 4 N–H and O–H groups in total. The van der Waals surface area contributed by atoms with E-state index in [1.807, 2.05) is 58.0 Å². The zero-order valence-electron chi connectivity index (χ0n) is 34.4. The van der Waals surface area contributed by atoms with Gasteiger partial charge in [0.05, 0.1) is 18.5 Å². The van der Waals surface area contributed by atoms with Crippen LogP contribution in [0.25, 0.3) is 6.08 Å². The monoisotopic (exact) mass is 811 g/mol. The van der Waals surface area contributed by atoms with Crippen molar-refractivity contribution < 1.29 is 46.9 Å². The van der Waals surface area contributed by atoms with Crippen molar-refractivity contribution >= 4 is 45.7 Å². The SMILES string of the molecule is C=C(C)C(=O)Nc1ccc(O)cc1.C=C(C)C(=O)OCCNC(=O)n1nc(C)cc1C.C=C(C)C(=O)OCCNS(C)(=O)=O.C=Cc1ccc(OC(C)(C)C)cc1. The number of rotatable bonds is 13. The van der Waals surface area contributed by atoms with Crippen LogP contribution in [0.4, 0.5) is 10.5 Å². The van der Waals surface area contributed by atoms with Gasteiger partial charge >= 0.3 is 18.0 Å². The van der Waals surface area contributed by atoms with Crippen molar-refractivity contribution in [2.75, 3.05) is 37.9 Å². The van der Waals surface area contributed by atoms with E-state index >= 15 is 0 Å². The first kappa shape index (κ1) is 51.0. The van der Waals surface area contributed by atoms with Gasteiger partial charge < -0.3 is 30.0 Å². The first-order valence-corrected chi connectivity index (χ1v) is 19.3. The topological polar surface area (TPSA) is 204 Å². The molecule has 0 unspecified atom stereocenters. The number of esters is 2. The van der Waals surface area contributed by atoms with E-state index in [1.165, 1.54) is 23.7 Å². The number of aromatic hydroxyl groups is 1. The number of hydrogen-bond acceptors (Lipinski definition) is 11. The molecule has 3 aromatic rings. The fourth-order valence-corrected chi connectivity index (χ4v) is 4.09. The molecule has 312 valence electrons. The lowest BCUT2D eigenvalue weighted by Gasteiger charge is -2.21. The largest absolute Gasteiger partial charge is 0.508 e. The van der Waals surface area contributed by atoms with Gasteiger partial charge in [-0.05, 0) is 103 Å². The molecule has 3 rings (SSSR count). The van der Waals surface area contributed by atoms with Crippen molar-refractivity contribution in [3.05, 3.63) is 115 Å². The number of phenols is 1. The second kappa shape index (κ2) is 25.2. The van der Waals surface area contributed by atoms with E-state index in [9.17, 15) is 27.6 Å². The number of carbonyl (C=O) groups is 4. The molecule has 1 aromatic heterocycles. The Morgan fingerprint density at radius 3 is 1.75 bits per heavy atom. The van der Waals surface area contributed by atoms with Crippen LogP contribution in [-0.4, -0.2) is 85.3 Å². The fourth-order valence-electron chi connectivity index (χ4n) is 3.64. The number of amides is 2. The molecular weight excluding hydrogens is 755 g/mol. The minimum absolute atomic E-state index is 0.0127. The van der Waals surface area contributed by atoms with Gasteiger partial charge in [0.1, 0.15) is 30.3 Å². The molecule has 0 spiro atoms. The highest BCUT2D eigenvalue weighted by atomic mass is 32.2. The maximum Gasteiger partial charge on any atom is 0.342 e. The van der Waals surface area contributed by atoms with Crippen LogP contribution < -0.4 is 20.1 Å². The van der Waals surface area contributed by atoms with Gasteiger partial charge in [-0.15, -0.1) is 0 Å². The lowest BCUT2D eigenvalue weighted by atomic mass is 10.2. The zero-order valence-corrected chi connectivity index (χ0v) is 35.2. The summed E-state index contributed by atoms with van der Waals surface area (Å²) in [7, 11) is -3.21. The van der Waals surface area contributed by atoms with Gasteiger partial charge in [-0.2, -0.15) is 9.78 Å². The predicted molar refractivity (Wildman–Crippen MR) is 223 cm³/mol. The second-order valence-electron chi connectivity index (χ2n) is 13.3. The minimum atomic E-state index is -3.21. The molecule has 0 bridgehead atoms. The first-order valence-electron chi connectivity index (χ1n) is 17.4. The van der Waals surface area contributed by atoms with Crippen LogP contribution in [-0.2, 0) is 33.9 Å². The van der Waals surface area contributed by atoms with Crippen LogP contribution in [0.5, 0.6) is 11.5 Å². The number of hydrogen-bond donors (Lipinski definition) is 4. The van der Waals surface area contributed by atoms with Crippen molar-refractivity contribution in [3.8, 4) is 11.5 Å². The molecule has 0 radical (unpaired) electrons. The maximum absolute atomic E-state index is 11.7. The van der Waals surface area contributed by atoms with Crippen molar-refractivity contribution in [2.24, 2.45) is 0 Å². The van der Waals surface area contributed by atoms with Crippen LogP contribution in [0.15, 0.2) is 97.6 Å². The number of carbonyl (C=O) groups excluding carboxylic acids is 4. The molecule has 2 amide bonds. The summed E-state index contributed by atoms with van der Waals surface area (Å²) in [5, 5.41) is 18.2. The van der Waals surface area contributed by atoms with Crippen molar-refractivity contribution in [1.82, 2.24) is 19.8 Å². The lowest BCUT2D eigenvalue weighted by Crippen LogP contribution is -2.33. The lowest BCUT2D eigenvalue weighted by molar-refractivity contribution is -0.139. The average molecular weight is 812 g/mol. The van der Waals surface area contributed by atoms with Gasteiger partial charge in [-0.1, -0.05) is 44.5 Å². The van der Waals surface area contributed by atoms with E-state index in [4.69, 9.17) is 14.6 Å². The van der Waals surface area contributed by atoms with Gasteiger partial charge in [-0.3, -0.25) is 4.79 Å². The highest BCUT2D eigenvalue weighted by Crippen LogP contribution is 2.18.